The maximum Gasteiger partial charge on any atom is 0.127 e. The zero-order chi connectivity index (χ0) is 9.64. The summed E-state index contributed by atoms with van der Waals surface area (Å²) in [6.07, 6.45) is 9.09. The lowest BCUT2D eigenvalue weighted by Gasteiger charge is -2.22. The van der Waals surface area contributed by atoms with Gasteiger partial charge in [-0.05, 0) is 18.8 Å². The van der Waals surface area contributed by atoms with E-state index in [0.29, 0.717) is 0 Å². The molecule has 1 saturated carbocycles. The molecule has 0 bridgehead atoms. The number of hydrogen-bond acceptors (Lipinski definition) is 0. The minimum atomic E-state index is 1.10. The molecule has 0 unspecified atom stereocenters. The van der Waals surface area contributed by atoms with Crippen LogP contribution < -0.4 is 10.2 Å². The van der Waals surface area contributed by atoms with Crippen LogP contribution >= 0.6 is 0 Å². The first-order valence-electron chi connectivity index (χ1n) is 6.60. The Morgan fingerprint density at radius 2 is 1.79 bits per heavy atom. The second-order valence-electron chi connectivity index (χ2n) is 5.16. The molecule has 2 aliphatic rings. The summed E-state index contributed by atoms with van der Waals surface area (Å²) in [4.78, 5) is 1.87. The normalized spacial score (nSPS) is 25.7. The van der Waals surface area contributed by atoms with Crippen LogP contribution in [0.3, 0.4) is 0 Å². The Balaban J connectivity index is 1.52. The maximum absolute atomic E-state index is 2.46. The minimum Gasteiger partial charge on any atom is -0.337 e. The fraction of sp³-hybridized carbons (Fsp3) is 1.00. The lowest BCUT2D eigenvalue weighted by atomic mass is 10.0. The lowest BCUT2D eigenvalue weighted by molar-refractivity contribution is -0.947. The fourth-order valence-corrected chi connectivity index (χ4v) is 3.07. The molecule has 0 aromatic rings. The predicted octanol–water partition coefficient (Wildman–Crippen LogP) is -0.581. The van der Waals surface area contributed by atoms with Gasteiger partial charge < -0.3 is 10.2 Å². The van der Waals surface area contributed by atoms with Crippen LogP contribution in [0.15, 0.2) is 0 Å². The van der Waals surface area contributed by atoms with Gasteiger partial charge in [0.15, 0.2) is 0 Å². The molecule has 0 atom stereocenters. The Hall–Kier alpha value is -0.0800. The molecular weight excluding hydrogens is 172 g/mol. The van der Waals surface area contributed by atoms with Crippen molar-refractivity contribution < 1.29 is 10.2 Å². The van der Waals surface area contributed by atoms with Crippen molar-refractivity contribution in [2.24, 2.45) is 5.92 Å². The average Bonchev–Trinajstić information content (AvgIpc) is 2.72. The van der Waals surface area contributed by atoms with Crippen molar-refractivity contribution in [3.05, 3.63) is 0 Å². The van der Waals surface area contributed by atoms with E-state index < -0.39 is 0 Å². The molecule has 1 aliphatic carbocycles. The Kier molecular flexibility index (Phi) is 4.26. The fourth-order valence-electron chi connectivity index (χ4n) is 3.07. The zero-order valence-electron chi connectivity index (χ0n) is 9.43. The molecule has 2 nitrogen and oxygen atoms in total. The SMILES string of the molecule is C1CCC(CCC[NH+]2CC[NH2+]CC2)C1. The van der Waals surface area contributed by atoms with E-state index in [2.05, 4.69) is 5.32 Å². The lowest BCUT2D eigenvalue weighted by Crippen LogP contribution is -3.20. The molecule has 2 fully saturated rings. The van der Waals surface area contributed by atoms with Gasteiger partial charge in [-0.2, -0.15) is 0 Å². The molecule has 0 aromatic heterocycles. The second-order valence-corrected chi connectivity index (χ2v) is 5.16. The predicted molar refractivity (Wildman–Crippen MR) is 58.4 cm³/mol. The molecule has 0 amide bonds. The molecule has 1 heterocycles. The summed E-state index contributed by atoms with van der Waals surface area (Å²) in [5, 5.41) is 2.46. The Morgan fingerprint density at radius 1 is 1.07 bits per heavy atom. The van der Waals surface area contributed by atoms with Crippen LogP contribution in [0.4, 0.5) is 0 Å². The highest BCUT2D eigenvalue weighted by atomic mass is 15.2. The summed E-state index contributed by atoms with van der Waals surface area (Å²) >= 11 is 0. The van der Waals surface area contributed by atoms with Crippen molar-refractivity contribution in [1.29, 1.82) is 0 Å². The number of piperazine rings is 1. The second kappa shape index (κ2) is 5.72. The van der Waals surface area contributed by atoms with Crippen molar-refractivity contribution in [3.8, 4) is 0 Å². The van der Waals surface area contributed by atoms with E-state index in [0.717, 1.165) is 5.92 Å². The molecule has 82 valence electrons. The zero-order valence-corrected chi connectivity index (χ0v) is 9.43. The molecule has 0 aromatic carbocycles. The quantitative estimate of drug-likeness (QED) is 0.603. The summed E-state index contributed by atoms with van der Waals surface area (Å²) in [5.41, 5.74) is 0. The summed E-state index contributed by atoms with van der Waals surface area (Å²) in [6.45, 7) is 6.98. The minimum absolute atomic E-state index is 1.10. The van der Waals surface area contributed by atoms with Gasteiger partial charge >= 0.3 is 0 Å². The molecule has 0 radical (unpaired) electrons. The largest absolute Gasteiger partial charge is 0.337 e. The number of hydrogen-bond donors (Lipinski definition) is 2. The van der Waals surface area contributed by atoms with Gasteiger partial charge in [-0.3, -0.25) is 0 Å². The highest BCUT2D eigenvalue weighted by molar-refractivity contribution is 4.66. The van der Waals surface area contributed by atoms with Crippen molar-refractivity contribution in [2.75, 3.05) is 32.7 Å². The topological polar surface area (TPSA) is 21.1 Å². The van der Waals surface area contributed by atoms with Gasteiger partial charge in [0.1, 0.15) is 26.2 Å². The molecular formula is C12H26N2+2. The third-order valence-electron chi connectivity index (χ3n) is 4.02. The van der Waals surface area contributed by atoms with Crippen LogP contribution in [0, 0.1) is 5.92 Å². The smallest absolute Gasteiger partial charge is 0.127 e. The Bertz CT molecular complexity index is 146. The van der Waals surface area contributed by atoms with Crippen molar-refractivity contribution in [1.82, 2.24) is 0 Å². The molecule has 2 heteroatoms. The molecule has 2 rings (SSSR count). The number of quaternary nitrogens is 2. The Labute approximate surface area is 88.1 Å². The third kappa shape index (κ3) is 3.25. The molecule has 1 aliphatic heterocycles. The first-order valence-corrected chi connectivity index (χ1v) is 6.60. The van der Waals surface area contributed by atoms with Gasteiger partial charge in [0.2, 0.25) is 0 Å². The highest BCUT2D eigenvalue weighted by Crippen LogP contribution is 2.27. The van der Waals surface area contributed by atoms with Gasteiger partial charge in [-0.25, -0.2) is 0 Å². The van der Waals surface area contributed by atoms with Crippen molar-refractivity contribution in [3.63, 3.8) is 0 Å². The van der Waals surface area contributed by atoms with Crippen LogP contribution in [0.25, 0.3) is 0 Å². The summed E-state index contributed by atoms with van der Waals surface area (Å²) in [6, 6.07) is 0. The highest BCUT2D eigenvalue weighted by Gasteiger charge is 2.18. The van der Waals surface area contributed by atoms with E-state index in [1.807, 2.05) is 4.90 Å². The van der Waals surface area contributed by atoms with E-state index in [-0.39, 0.29) is 0 Å². The summed E-state index contributed by atoms with van der Waals surface area (Å²) in [7, 11) is 0. The first kappa shape index (κ1) is 10.4. The van der Waals surface area contributed by atoms with Crippen LogP contribution in [0.2, 0.25) is 0 Å². The van der Waals surface area contributed by atoms with Crippen LogP contribution in [0.1, 0.15) is 38.5 Å². The molecule has 14 heavy (non-hydrogen) atoms. The van der Waals surface area contributed by atoms with Crippen molar-refractivity contribution in [2.45, 2.75) is 38.5 Å². The van der Waals surface area contributed by atoms with Gasteiger partial charge in [0, 0.05) is 0 Å². The van der Waals surface area contributed by atoms with E-state index in [1.165, 1.54) is 71.2 Å². The molecule has 3 N–H and O–H groups in total. The van der Waals surface area contributed by atoms with Gasteiger partial charge in [0.05, 0.1) is 6.54 Å². The van der Waals surface area contributed by atoms with Gasteiger partial charge in [0.25, 0.3) is 0 Å². The van der Waals surface area contributed by atoms with Crippen molar-refractivity contribution >= 4 is 0 Å². The average molecular weight is 198 g/mol. The van der Waals surface area contributed by atoms with E-state index >= 15 is 0 Å². The van der Waals surface area contributed by atoms with Gasteiger partial charge in [-0.1, -0.05) is 25.7 Å². The van der Waals surface area contributed by atoms with Gasteiger partial charge in [-0.15, -0.1) is 0 Å². The van der Waals surface area contributed by atoms with E-state index in [1.54, 1.807) is 0 Å². The summed E-state index contributed by atoms with van der Waals surface area (Å²) in [5.74, 6) is 1.10. The number of rotatable bonds is 4. The Morgan fingerprint density at radius 3 is 2.50 bits per heavy atom. The molecule has 1 saturated heterocycles. The van der Waals surface area contributed by atoms with E-state index in [4.69, 9.17) is 0 Å². The van der Waals surface area contributed by atoms with Crippen LogP contribution in [-0.2, 0) is 0 Å². The molecule has 0 spiro atoms. The summed E-state index contributed by atoms with van der Waals surface area (Å²) < 4.78 is 0. The van der Waals surface area contributed by atoms with E-state index in [9.17, 15) is 0 Å². The maximum atomic E-state index is 2.46. The standard InChI is InChI=1S/C12H24N2/c1-2-5-12(4-1)6-3-9-14-10-7-13-8-11-14/h12-13H,1-11H2/p+2. The van der Waals surface area contributed by atoms with Crippen LogP contribution in [0.5, 0.6) is 0 Å². The third-order valence-corrected chi connectivity index (χ3v) is 4.02. The monoisotopic (exact) mass is 198 g/mol. The number of nitrogens with two attached hydrogens (primary N) is 1. The number of nitrogens with one attached hydrogen (secondary N) is 1. The van der Waals surface area contributed by atoms with Crippen LogP contribution in [-0.4, -0.2) is 32.7 Å². The first-order chi connectivity index (χ1) is 6.95.